The largest absolute Gasteiger partial charge is 0.455 e. The summed E-state index contributed by atoms with van der Waals surface area (Å²) >= 11 is 0. The number of nitrogens with zero attached hydrogens (tertiary/aromatic N) is 1. The van der Waals surface area contributed by atoms with Gasteiger partial charge >= 0.3 is 0 Å². The Morgan fingerprint density at radius 3 is 1.63 bits per heavy atom. The van der Waals surface area contributed by atoms with E-state index in [1.165, 1.54) is 61.0 Å². The molecule has 2 nitrogen and oxygen atoms in total. The van der Waals surface area contributed by atoms with Gasteiger partial charge in [0.15, 0.2) is 0 Å². The van der Waals surface area contributed by atoms with Crippen molar-refractivity contribution in [3.8, 4) is 55.6 Å². The second-order valence-electron chi connectivity index (χ2n) is 17.3. The van der Waals surface area contributed by atoms with Crippen LogP contribution in [0, 0.1) is 0 Å². The van der Waals surface area contributed by atoms with Gasteiger partial charge in [-0.15, -0.1) is 0 Å². The van der Waals surface area contributed by atoms with Crippen LogP contribution >= 0.6 is 0 Å². The van der Waals surface area contributed by atoms with Crippen LogP contribution in [0.15, 0.2) is 229 Å². The summed E-state index contributed by atoms with van der Waals surface area (Å²) in [6.45, 7) is 4.76. The number of benzene rings is 10. The Morgan fingerprint density at radius 2 is 0.905 bits per heavy atom. The maximum absolute atomic E-state index is 6.70. The molecular weight excluding hydrogens is 763 g/mol. The highest BCUT2D eigenvalue weighted by atomic mass is 16.3. The van der Waals surface area contributed by atoms with Crippen molar-refractivity contribution in [3.63, 3.8) is 0 Å². The van der Waals surface area contributed by atoms with E-state index in [2.05, 4.69) is 243 Å². The van der Waals surface area contributed by atoms with Crippen LogP contribution in [0.1, 0.15) is 25.0 Å². The molecule has 0 N–H and O–H groups in total. The molecule has 0 saturated carbocycles. The standard InChI is InChI=1S/C61H43NO/c1-61(2)55-38-46(44-26-24-42(25-27-44)40-14-5-3-6-15-40)31-35-50(55)51-37-34-48(39-56(51)61)62(47-32-28-43(29-33-47)41-16-7-4-8-17-41)57-22-12-11-20-52(57)53-21-13-23-58-59(53)54-36-30-45-18-9-10-19-49(45)60(54)63-58/h3-39H,1-2H3. The molecule has 0 bridgehead atoms. The molecule has 0 spiro atoms. The van der Waals surface area contributed by atoms with Gasteiger partial charge in [0.05, 0.1) is 5.69 Å². The molecule has 0 amide bonds. The highest BCUT2D eigenvalue weighted by molar-refractivity contribution is 6.19. The van der Waals surface area contributed by atoms with Crippen molar-refractivity contribution < 1.29 is 4.42 Å². The zero-order valence-electron chi connectivity index (χ0n) is 35.2. The SMILES string of the molecule is CC1(C)c2cc(-c3ccc(-c4ccccc4)cc3)ccc2-c2ccc(N(c3ccc(-c4ccccc4)cc3)c3ccccc3-c3cccc4oc5c6ccccc6ccc5c34)cc21. The van der Waals surface area contributed by atoms with Crippen molar-refractivity contribution in [1.82, 2.24) is 0 Å². The molecule has 0 aliphatic heterocycles. The minimum atomic E-state index is -0.229. The van der Waals surface area contributed by atoms with Crippen molar-refractivity contribution in [3.05, 3.63) is 236 Å². The first-order chi connectivity index (χ1) is 31.0. The Hall–Kier alpha value is -7.94. The zero-order chi connectivity index (χ0) is 42.1. The molecule has 11 aromatic rings. The normalized spacial score (nSPS) is 12.7. The van der Waals surface area contributed by atoms with Gasteiger partial charge in [0.1, 0.15) is 11.2 Å². The first kappa shape index (κ1) is 36.9. The number of para-hydroxylation sites is 1. The molecule has 1 heterocycles. The van der Waals surface area contributed by atoms with Crippen molar-refractivity contribution in [2.24, 2.45) is 0 Å². The lowest BCUT2D eigenvalue weighted by Crippen LogP contribution is -2.17. The number of furan rings is 1. The molecule has 298 valence electrons. The van der Waals surface area contributed by atoms with Crippen LogP contribution < -0.4 is 4.90 Å². The maximum atomic E-state index is 6.70. The number of fused-ring (bicyclic) bond motifs is 8. The molecular formula is C61H43NO. The minimum absolute atomic E-state index is 0.229. The van der Waals surface area contributed by atoms with Gasteiger partial charge in [-0.3, -0.25) is 0 Å². The molecule has 12 rings (SSSR count). The van der Waals surface area contributed by atoms with Crippen molar-refractivity contribution in [2.75, 3.05) is 4.90 Å². The van der Waals surface area contributed by atoms with E-state index >= 15 is 0 Å². The van der Waals surface area contributed by atoms with Gasteiger partial charge in [0.25, 0.3) is 0 Å². The van der Waals surface area contributed by atoms with Gasteiger partial charge in [-0.05, 0) is 115 Å². The number of rotatable bonds is 7. The third kappa shape index (κ3) is 6.09. The van der Waals surface area contributed by atoms with Crippen molar-refractivity contribution >= 4 is 49.8 Å². The van der Waals surface area contributed by atoms with Gasteiger partial charge in [0.2, 0.25) is 0 Å². The van der Waals surface area contributed by atoms with Crippen LogP contribution in [-0.4, -0.2) is 0 Å². The smallest absolute Gasteiger partial charge is 0.143 e. The Labute approximate surface area is 368 Å². The lowest BCUT2D eigenvalue weighted by atomic mass is 9.81. The van der Waals surface area contributed by atoms with Crippen LogP contribution in [0.2, 0.25) is 0 Å². The highest BCUT2D eigenvalue weighted by Gasteiger charge is 2.36. The molecule has 0 atom stereocenters. The van der Waals surface area contributed by atoms with E-state index in [9.17, 15) is 0 Å². The second kappa shape index (κ2) is 14.6. The quantitative estimate of drug-likeness (QED) is 0.160. The summed E-state index contributed by atoms with van der Waals surface area (Å²) in [5.41, 5.74) is 19.7. The zero-order valence-corrected chi connectivity index (χ0v) is 35.2. The second-order valence-corrected chi connectivity index (χ2v) is 17.3. The van der Waals surface area contributed by atoms with Gasteiger partial charge in [-0.1, -0.05) is 190 Å². The summed E-state index contributed by atoms with van der Waals surface area (Å²) in [5, 5.41) is 4.55. The van der Waals surface area contributed by atoms with Crippen LogP contribution in [0.25, 0.3) is 88.3 Å². The van der Waals surface area contributed by atoms with Crippen LogP contribution in [-0.2, 0) is 5.41 Å². The molecule has 1 aromatic heterocycles. The predicted molar refractivity (Wildman–Crippen MR) is 265 cm³/mol. The van der Waals surface area contributed by atoms with Crippen molar-refractivity contribution in [2.45, 2.75) is 19.3 Å². The van der Waals surface area contributed by atoms with Crippen LogP contribution in [0.5, 0.6) is 0 Å². The fraction of sp³-hybridized carbons (Fsp3) is 0.0492. The average Bonchev–Trinajstić information content (AvgIpc) is 3.84. The van der Waals surface area contributed by atoms with E-state index < -0.39 is 0 Å². The molecule has 0 fully saturated rings. The summed E-state index contributed by atoms with van der Waals surface area (Å²) in [7, 11) is 0. The van der Waals surface area contributed by atoms with Crippen LogP contribution in [0.3, 0.4) is 0 Å². The van der Waals surface area contributed by atoms with E-state index in [-0.39, 0.29) is 5.41 Å². The third-order valence-corrected chi connectivity index (χ3v) is 13.3. The molecule has 0 radical (unpaired) electrons. The predicted octanol–water partition coefficient (Wildman–Crippen LogP) is 17.2. The first-order valence-corrected chi connectivity index (χ1v) is 21.8. The van der Waals surface area contributed by atoms with Gasteiger partial charge in [-0.25, -0.2) is 0 Å². The van der Waals surface area contributed by atoms with Gasteiger partial charge in [0, 0.05) is 38.5 Å². The Balaban J connectivity index is 0.994. The summed E-state index contributed by atoms with van der Waals surface area (Å²) in [6.07, 6.45) is 0. The van der Waals surface area contributed by atoms with E-state index in [1.54, 1.807) is 0 Å². The number of hydrogen-bond donors (Lipinski definition) is 0. The fourth-order valence-corrected chi connectivity index (χ4v) is 10.1. The average molecular weight is 806 g/mol. The number of anilines is 3. The summed E-state index contributed by atoms with van der Waals surface area (Å²) in [4.78, 5) is 2.44. The molecule has 2 heteroatoms. The van der Waals surface area contributed by atoms with Crippen LogP contribution in [0.4, 0.5) is 17.1 Å². The van der Waals surface area contributed by atoms with Gasteiger partial charge < -0.3 is 9.32 Å². The van der Waals surface area contributed by atoms with E-state index in [0.29, 0.717) is 0 Å². The lowest BCUT2D eigenvalue weighted by Gasteiger charge is -2.30. The fourth-order valence-electron chi connectivity index (χ4n) is 10.1. The summed E-state index contributed by atoms with van der Waals surface area (Å²) in [5.74, 6) is 0. The number of hydrogen-bond acceptors (Lipinski definition) is 2. The lowest BCUT2D eigenvalue weighted by molar-refractivity contribution is 0.660. The Kier molecular flexibility index (Phi) is 8.55. The third-order valence-electron chi connectivity index (χ3n) is 13.3. The Morgan fingerprint density at radius 1 is 0.365 bits per heavy atom. The molecule has 1 aliphatic rings. The van der Waals surface area contributed by atoms with Gasteiger partial charge in [-0.2, -0.15) is 0 Å². The van der Waals surface area contributed by atoms with Crippen molar-refractivity contribution in [1.29, 1.82) is 0 Å². The molecule has 1 aliphatic carbocycles. The van der Waals surface area contributed by atoms with E-state index in [0.717, 1.165) is 55.5 Å². The monoisotopic (exact) mass is 805 g/mol. The summed E-state index contributed by atoms with van der Waals surface area (Å²) < 4.78 is 6.70. The Bertz CT molecular complexity index is 3510. The van der Waals surface area contributed by atoms with E-state index in [4.69, 9.17) is 4.42 Å². The molecule has 0 unspecified atom stereocenters. The molecule has 63 heavy (non-hydrogen) atoms. The summed E-state index contributed by atoms with van der Waals surface area (Å²) in [6, 6.07) is 81.6. The maximum Gasteiger partial charge on any atom is 0.143 e. The highest BCUT2D eigenvalue weighted by Crippen LogP contribution is 2.53. The topological polar surface area (TPSA) is 16.4 Å². The first-order valence-electron chi connectivity index (χ1n) is 21.8. The molecule has 0 saturated heterocycles. The minimum Gasteiger partial charge on any atom is -0.455 e. The van der Waals surface area contributed by atoms with E-state index in [1.807, 2.05) is 0 Å². The molecule has 10 aromatic carbocycles.